The second-order valence-electron chi connectivity index (χ2n) is 5.95. The van der Waals surface area contributed by atoms with Crippen LogP contribution in [-0.2, 0) is 0 Å². The van der Waals surface area contributed by atoms with Crippen LogP contribution in [-0.4, -0.2) is 9.55 Å². The molecule has 0 aliphatic rings. The number of benzene rings is 1. The lowest BCUT2D eigenvalue weighted by molar-refractivity contribution is 0.448. The van der Waals surface area contributed by atoms with E-state index in [0.29, 0.717) is 6.04 Å². The summed E-state index contributed by atoms with van der Waals surface area (Å²) >= 11 is 0. The third-order valence-corrected chi connectivity index (χ3v) is 3.73. The summed E-state index contributed by atoms with van der Waals surface area (Å²) in [6.45, 7) is 8.93. The number of fused-ring (bicyclic) bond motifs is 1. The summed E-state index contributed by atoms with van der Waals surface area (Å²) in [5, 5.41) is 0. The Balaban J connectivity index is 2.21. The van der Waals surface area contributed by atoms with E-state index in [1.807, 2.05) is 12.1 Å². The molecule has 0 bridgehead atoms. The zero-order valence-corrected chi connectivity index (χ0v) is 12.5. The first-order valence-electron chi connectivity index (χ1n) is 7.23. The van der Waals surface area contributed by atoms with Crippen molar-refractivity contribution in [3.8, 4) is 0 Å². The molecule has 0 aliphatic carbocycles. The summed E-state index contributed by atoms with van der Waals surface area (Å²) in [7, 11) is 0. The Bertz CT molecular complexity index is 554. The van der Waals surface area contributed by atoms with Crippen molar-refractivity contribution in [3.63, 3.8) is 0 Å². The van der Waals surface area contributed by atoms with Crippen molar-refractivity contribution in [2.75, 3.05) is 5.73 Å². The number of imidazole rings is 1. The Morgan fingerprint density at radius 2 is 1.95 bits per heavy atom. The molecule has 2 N–H and O–H groups in total. The number of rotatable bonds is 5. The van der Waals surface area contributed by atoms with Crippen molar-refractivity contribution in [3.05, 3.63) is 24.0 Å². The van der Waals surface area contributed by atoms with E-state index in [4.69, 9.17) is 5.73 Å². The van der Waals surface area contributed by atoms with Gasteiger partial charge in [0, 0.05) is 11.7 Å². The van der Waals surface area contributed by atoms with E-state index in [9.17, 15) is 0 Å². The summed E-state index contributed by atoms with van der Waals surface area (Å²) in [4.78, 5) is 4.62. The fourth-order valence-electron chi connectivity index (χ4n) is 2.74. The highest BCUT2D eigenvalue weighted by Crippen LogP contribution is 2.26. The number of aromatic nitrogens is 2. The zero-order valence-electron chi connectivity index (χ0n) is 12.5. The standard InChI is InChI=1S/C16H25N3/c1-11(2)6-5-7-12(3)19-13(4)18-15-10-14(17)8-9-16(15)19/h8-12H,5-7,17H2,1-4H3. The smallest absolute Gasteiger partial charge is 0.106 e. The topological polar surface area (TPSA) is 43.8 Å². The van der Waals surface area contributed by atoms with Gasteiger partial charge in [-0.25, -0.2) is 4.98 Å². The van der Waals surface area contributed by atoms with Crippen molar-refractivity contribution in [1.82, 2.24) is 9.55 Å². The van der Waals surface area contributed by atoms with E-state index in [1.165, 1.54) is 24.8 Å². The molecule has 0 radical (unpaired) electrons. The van der Waals surface area contributed by atoms with Crippen molar-refractivity contribution < 1.29 is 0 Å². The molecule has 0 spiro atoms. The molecule has 0 saturated carbocycles. The second-order valence-corrected chi connectivity index (χ2v) is 5.95. The molecule has 1 aromatic carbocycles. The molecule has 1 unspecified atom stereocenters. The summed E-state index contributed by atoms with van der Waals surface area (Å²) < 4.78 is 2.34. The van der Waals surface area contributed by atoms with E-state index < -0.39 is 0 Å². The molecule has 2 rings (SSSR count). The molecule has 1 heterocycles. The maximum atomic E-state index is 5.82. The van der Waals surface area contributed by atoms with Gasteiger partial charge >= 0.3 is 0 Å². The summed E-state index contributed by atoms with van der Waals surface area (Å²) in [5.41, 5.74) is 8.81. The summed E-state index contributed by atoms with van der Waals surface area (Å²) in [6, 6.07) is 6.50. The van der Waals surface area contributed by atoms with Gasteiger partial charge in [-0.2, -0.15) is 0 Å². The van der Waals surface area contributed by atoms with E-state index in [-0.39, 0.29) is 0 Å². The van der Waals surface area contributed by atoms with Crippen LogP contribution in [0.3, 0.4) is 0 Å². The highest BCUT2D eigenvalue weighted by molar-refractivity contribution is 5.79. The number of hydrogen-bond donors (Lipinski definition) is 1. The molecule has 0 fully saturated rings. The maximum absolute atomic E-state index is 5.82. The van der Waals surface area contributed by atoms with Crippen molar-refractivity contribution >= 4 is 16.7 Å². The van der Waals surface area contributed by atoms with Crippen LogP contribution in [0.15, 0.2) is 18.2 Å². The first-order chi connectivity index (χ1) is 8.99. The predicted molar refractivity (Wildman–Crippen MR) is 82.3 cm³/mol. The lowest BCUT2D eigenvalue weighted by atomic mass is 10.0. The van der Waals surface area contributed by atoms with Crippen LogP contribution in [0.5, 0.6) is 0 Å². The van der Waals surface area contributed by atoms with Gasteiger partial charge in [0.15, 0.2) is 0 Å². The van der Waals surface area contributed by atoms with Gasteiger partial charge in [0.1, 0.15) is 5.82 Å². The number of nitrogens with zero attached hydrogens (tertiary/aromatic N) is 2. The van der Waals surface area contributed by atoms with E-state index in [1.54, 1.807) is 0 Å². The van der Waals surface area contributed by atoms with Gasteiger partial charge in [-0.3, -0.25) is 0 Å². The first-order valence-corrected chi connectivity index (χ1v) is 7.23. The Morgan fingerprint density at radius 3 is 2.63 bits per heavy atom. The maximum Gasteiger partial charge on any atom is 0.106 e. The van der Waals surface area contributed by atoms with Gasteiger partial charge in [0.2, 0.25) is 0 Å². The van der Waals surface area contributed by atoms with Crippen LogP contribution in [0.25, 0.3) is 11.0 Å². The molecule has 104 valence electrons. The van der Waals surface area contributed by atoms with Crippen LogP contribution in [0, 0.1) is 12.8 Å². The molecule has 0 saturated heterocycles. The average molecular weight is 259 g/mol. The molecule has 19 heavy (non-hydrogen) atoms. The third kappa shape index (κ3) is 3.09. The SMILES string of the molecule is Cc1nc2cc(N)ccc2n1C(C)CCCC(C)C. The largest absolute Gasteiger partial charge is 0.399 e. The number of nitrogen functional groups attached to an aromatic ring is 1. The predicted octanol–water partition coefficient (Wildman–Crippen LogP) is 4.31. The molecular weight excluding hydrogens is 234 g/mol. The minimum Gasteiger partial charge on any atom is -0.399 e. The van der Waals surface area contributed by atoms with E-state index in [0.717, 1.165) is 22.9 Å². The first kappa shape index (κ1) is 13.9. The highest BCUT2D eigenvalue weighted by Gasteiger charge is 2.13. The zero-order chi connectivity index (χ0) is 14.0. The van der Waals surface area contributed by atoms with Crippen LogP contribution in [0.4, 0.5) is 5.69 Å². The van der Waals surface area contributed by atoms with Gasteiger partial charge in [-0.1, -0.05) is 26.7 Å². The Morgan fingerprint density at radius 1 is 1.21 bits per heavy atom. The monoisotopic (exact) mass is 259 g/mol. The summed E-state index contributed by atoms with van der Waals surface area (Å²) in [5.74, 6) is 1.87. The Hall–Kier alpha value is -1.51. The fraction of sp³-hybridized carbons (Fsp3) is 0.562. The molecule has 1 aromatic heterocycles. The molecule has 3 heteroatoms. The molecule has 0 aliphatic heterocycles. The van der Waals surface area contributed by atoms with Crippen LogP contribution in [0.1, 0.15) is 51.9 Å². The molecule has 0 amide bonds. The van der Waals surface area contributed by atoms with Crippen LogP contribution < -0.4 is 5.73 Å². The van der Waals surface area contributed by atoms with E-state index >= 15 is 0 Å². The number of aryl methyl sites for hydroxylation is 1. The Labute approximate surface area is 115 Å². The molecule has 1 atom stereocenters. The minimum atomic E-state index is 0.493. The molecular formula is C16H25N3. The third-order valence-electron chi connectivity index (χ3n) is 3.73. The van der Waals surface area contributed by atoms with Gasteiger partial charge in [0.25, 0.3) is 0 Å². The average Bonchev–Trinajstić information content (AvgIpc) is 2.63. The molecule has 2 aromatic rings. The van der Waals surface area contributed by atoms with Crippen molar-refractivity contribution in [2.24, 2.45) is 5.92 Å². The van der Waals surface area contributed by atoms with Crippen LogP contribution in [0.2, 0.25) is 0 Å². The highest BCUT2D eigenvalue weighted by atomic mass is 15.1. The molecule has 3 nitrogen and oxygen atoms in total. The van der Waals surface area contributed by atoms with Gasteiger partial charge in [0.05, 0.1) is 11.0 Å². The van der Waals surface area contributed by atoms with Gasteiger partial charge in [-0.05, 0) is 44.4 Å². The van der Waals surface area contributed by atoms with Crippen molar-refractivity contribution in [1.29, 1.82) is 0 Å². The van der Waals surface area contributed by atoms with E-state index in [2.05, 4.69) is 43.3 Å². The second kappa shape index (κ2) is 5.64. The van der Waals surface area contributed by atoms with Crippen molar-refractivity contribution in [2.45, 2.75) is 53.0 Å². The van der Waals surface area contributed by atoms with Crippen LogP contribution >= 0.6 is 0 Å². The number of hydrogen-bond acceptors (Lipinski definition) is 2. The lowest BCUT2D eigenvalue weighted by Gasteiger charge is -2.17. The minimum absolute atomic E-state index is 0.493. The summed E-state index contributed by atoms with van der Waals surface area (Å²) in [6.07, 6.45) is 3.77. The fourth-order valence-corrected chi connectivity index (χ4v) is 2.74. The lowest BCUT2D eigenvalue weighted by Crippen LogP contribution is -2.07. The Kier molecular flexibility index (Phi) is 4.13. The van der Waals surface area contributed by atoms with Gasteiger partial charge < -0.3 is 10.3 Å². The normalized spacial score (nSPS) is 13.3. The number of anilines is 1. The number of nitrogens with two attached hydrogens (primary N) is 1. The quantitative estimate of drug-likeness (QED) is 0.813. The van der Waals surface area contributed by atoms with Gasteiger partial charge in [-0.15, -0.1) is 0 Å².